The van der Waals surface area contributed by atoms with Crippen LogP contribution in [0.2, 0.25) is 0 Å². The molecule has 0 saturated carbocycles. The van der Waals surface area contributed by atoms with Crippen molar-refractivity contribution >= 4 is 11.9 Å². The van der Waals surface area contributed by atoms with Crippen LogP contribution in [0.15, 0.2) is 88.7 Å². The largest absolute Gasteiger partial charge is 0.512 e. The number of hydrogen-bond acceptors (Lipinski definition) is 2. The number of Topliss-reactive ketones (excluding diaryl/α,β-unsaturated/α-hetero) is 1. The van der Waals surface area contributed by atoms with E-state index in [1.165, 1.54) is 22.3 Å². The van der Waals surface area contributed by atoms with Crippen molar-refractivity contribution in [1.29, 1.82) is 0 Å². The van der Waals surface area contributed by atoms with Gasteiger partial charge in [-0.2, -0.15) is 0 Å². The molecular formula is C25H24O2. The first kappa shape index (κ1) is 17.5. The fourth-order valence-corrected chi connectivity index (χ4v) is 4.46. The first-order valence-electron chi connectivity index (χ1n) is 9.61. The van der Waals surface area contributed by atoms with Crippen molar-refractivity contribution in [2.45, 2.75) is 38.5 Å². The molecule has 0 aromatic heterocycles. The fraction of sp³-hybridized carbons (Fsp3) is 0.240. The summed E-state index contributed by atoms with van der Waals surface area (Å²) in [5.74, 6) is 0.0648. The molecule has 1 N–H and O–H groups in total. The minimum Gasteiger partial charge on any atom is -0.512 e. The van der Waals surface area contributed by atoms with Crippen molar-refractivity contribution in [2.24, 2.45) is 0 Å². The Morgan fingerprint density at radius 2 is 1.67 bits per heavy atom. The number of aliphatic hydroxyl groups excluding tert-OH is 1. The lowest BCUT2D eigenvalue weighted by Gasteiger charge is -2.35. The number of carbonyl (C=O) groups is 1. The number of carbonyl (C=O) groups excluding carboxylic acids is 1. The number of hydrogen-bond donors (Lipinski definition) is 1. The van der Waals surface area contributed by atoms with E-state index in [4.69, 9.17) is 0 Å². The highest BCUT2D eigenvalue weighted by Crippen LogP contribution is 2.48. The zero-order valence-electron chi connectivity index (χ0n) is 15.6. The molecule has 27 heavy (non-hydrogen) atoms. The van der Waals surface area contributed by atoms with Gasteiger partial charge in [0.25, 0.3) is 0 Å². The van der Waals surface area contributed by atoms with Crippen LogP contribution >= 0.6 is 0 Å². The predicted octanol–water partition coefficient (Wildman–Crippen LogP) is 6.14. The number of ketones is 1. The van der Waals surface area contributed by atoms with Crippen molar-refractivity contribution < 1.29 is 9.90 Å². The Labute approximate surface area is 160 Å². The summed E-state index contributed by atoms with van der Waals surface area (Å²) in [4.78, 5) is 12.4. The van der Waals surface area contributed by atoms with Crippen LogP contribution in [0.1, 0.15) is 49.7 Å². The molecule has 0 radical (unpaired) electrons. The van der Waals surface area contributed by atoms with E-state index >= 15 is 0 Å². The monoisotopic (exact) mass is 356 g/mol. The molecule has 0 bridgehead atoms. The summed E-state index contributed by atoms with van der Waals surface area (Å²) in [6, 6.07) is 20.4. The van der Waals surface area contributed by atoms with Crippen molar-refractivity contribution in [3.63, 3.8) is 0 Å². The zero-order chi connectivity index (χ0) is 18.8. The molecule has 0 saturated heterocycles. The second-order valence-corrected chi connectivity index (χ2v) is 7.37. The first-order chi connectivity index (χ1) is 13.1. The van der Waals surface area contributed by atoms with Crippen LogP contribution in [0.4, 0.5) is 0 Å². The second-order valence-electron chi connectivity index (χ2n) is 7.37. The number of rotatable bonds is 3. The molecule has 2 aliphatic carbocycles. The van der Waals surface area contributed by atoms with Gasteiger partial charge in [0.1, 0.15) is 5.76 Å². The zero-order valence-corrected chi connectivity index (χ0v) is 15.6. The average Bonchev–Trinajstić information content (AvgIpc) is 2.69. The highest BCUT2D eigenvalue weighted by atomic mass is 16.3. The molecule has 2 aliphatic rings. The maximum Gasteiger partial charge on any atom is 0.160 e. The molecule has 2 aromatic rings. The lowest BCUT2D eigenvalue weighted by atomic mass is 9.69. The van der Waals surface area contributed by atoms with E-state index in [1.807, 2.05) is 36.4 Å². The summed E-state index contributed by atoms with van der Waals surface area (Å²) < 4.78 is 0. The maximum atomic E-state index is 12.4. The maximum absolute atomic E-state index is 12.4. The minimum atomic E-state index is -0.132. The van der Waals surface area contributed by atoms with E-state index < -0.39 is 0 Å². The molecule has 0 spiro atoms. The van der Waals surface area contributed by atoms with E-state index in [9.17, 15) is 9.90 Å². The van der Waals surface area contributed by atoms with Crippen LogP contribution in [-0.2, 0) is 4.79 Å². The quantitative estimate of drug-likeness (QED) is 0.717. The van der Waals surface area contributed by atoms with E-state index in [0.29, 0.717) is 12.0 Å². The SMILES string of the molecule is CC(=O)C1=C(O)CC2=C(CCCC2=Cc2ccccc2)C1c1ccccc1. The van der Waals surface area contributed by atoms with Crippen LogP contribution in [0.25, 0.3) is 6.08 Å². The van der Waals surface area contributed by atoms with Gasteiger partial charge in [-0.05, 0) is 48.5 Å². The van der Waals surface area contributed by atoms with E-state index in [-0.39, 0.29) is 17.5 Å². The fourth-order valence-electron chi connectivity index (χ4n) is 4.46. The molecule has 0 heterocycles. The minimum absolute atomic E-state index is 0.0351. The molecule has 4 rings (SSSR count). The third-order valence-corrected chi connectivity index (χ3v) is 5.61. The molecule has 0 aliphatic heterocycles. The molecule has 2 heteroatoms. The molecule has 1 atom stereocenters. The normalized spacial score (nSPS) is 21.4. The Morgan fingerprint density at radius 1 is 1.00 bits per heavy atom. The van der Waals surface area contributed by atoms with Gasteiger partial charge in [-0.15, -0.1) is 0 Å². The van der Waals surface area contributed by atoms with Crippen molar-refractivity contribution in [3.05, 3.63) is 99.8 Å². The van der Waals surface area contributed by atoms with Gasteiger partial charge in [0.05, 0.1) is 0 Å². The molecule has 0 amide bonds. The molecule has 0 fully saturated rings. The van der Waals surface area contributed by atoms with Gasteiger partial charge in [0.15, 0.2) is 5.78 Å². The van der Waals surface area contributed by atoms with Crippen molar-refractivity contribution in [2.75, 3.05) is 0 Å². The van der Waals surface area contributed by atoms with Crippen LogP contribution in [0.3, 0.4) is 0 Å². The lowest BCUT2D eigenvalue weighted by molar-refractivity contribution is -0.114. The highest BCUT2D eigenvalue weighted by molar-refractivity contribution is 5.97. The smallest absolute Gasteiger partial charge is 0.160 e. The van der Waals surface area contributed by atoms with Gasteiger partial charge in [0, 0.05) is 17.9 Å². The third kappa shape index (κ3) is 3.40. The Bertz CT molecular complexity index is 946. The Morgan fingerprint density at radius 3 is 2.33 bits per heavy atom. The van der Waals surface area contributed by atoms with Crippen LogP contribution in [0.5, 0.6) is 0 Å². The van der Waals surface area contributed by atoms with E-state index in [0.717, 1.165) is 24.8 Å². The summed E-state index contributed by atoms with van der Waals surface area (Å²) in [7, 11) is 0. The molecular weight excluding hydrogens is 332 g/mol. The van der Waals surface area contributed by atoms with Gasteiger partial charge in [0.2, 0.25) is 0 Å². The van der Waals surface area contributed by atoms with Crippen LogP contribution in [-0.4, -0.2) is 10.9 Å². The molecule has 2 nitrogen and oxygen atoms in total. The summed E-state index contributed by atoms with van der Waals surface area (Å²) in [6.45, 7) is 1.57. The molecule has 136 valence electrons. The standard InChI is InChI=1S/C25H24O2/c1-17(26)24-23(27)16-22-20(15-18-9-4-2-5-10-18)13-8-14-21(22)25(24)19-11-6-3-7-12-19/h2-7,9-12,15,25,27H,8,13-14,16H2,1H3. The summed E-state index contributed by atoms with van der Waals surface area (Å²) in [6.07, 6.45) is 5.77. The number of aliphatic hydroxyl groups is 1. The topological polar surface area (TPSA) is 37.3 Å². The second kappa shape index (κ2) is 7.40. The predicted molar refractivity (Wildman–Crippen MR) is 109 cm³/mol. The Balaban J connectivity index is 1.85. The summed E-state index contributed by atoms with van der Waals surface area (Å²) in [5, 5.41) is 10.8. The van der Waals surface area contributed by atoms with Gasteiger partial charge in [-0.1, -0.05) is 72.3 Å². The highest BCUT2D eigenvalue weighted by Gasteiger charge is 2.35. The Kier molecular flexibility index (Phi) is 4.81. The molecule has 2 aromatic carbocycles. The van der Waals surface area contributed by atoms with E-state index in [1.54, 1.807) is 6.92 Å². The number of benzene rings is 2. The van der Waals surface area contributed by atoms with Crippen molar-refractivity contribution in [1.82, 2.24) is 0 Å². The van der Waals surface area contributed by atoms with Gasteiger partial charge in [-0.3, -0.25) is 4.79 Å². The average molecular weight is 356 g/mol. The van der Waals surface area contributed by atoms with Crippen LogP contribution < -0.4 is 0 Å². The first-order valence-corrected chi connectivity index (χ1v) is 9.61. The van der Waals surface area contributed by atoms with Gasteiger partial charge < -0.3 is 5.11 Å². The third-order valence-electron chi connectivity index (χ3n) is 5.61. The van der Waals surface area contributed by atoms with Crippen molar-refractivity contribution in [3.8, 4) is 0 Å². The lowest BCUT2D eigenvalue weighted by Crippen LogP contribution is -2.22. The van der Waals surface area contributed by atoms with E-state index in [2.05, 4.69) is 30.3 Å². The van der Waals surface area contributed by atoms with Crippen LogP contribution in [0, 0.1) is 0 Å². The Hall–Kier alpha value is -2.87. The van der Waals surface area contributed by atoms with Gasteiger partial charge in [-0.25, -0.2) is 0 Å². The number of allylic oxidation sites excluding steroid dienone is 4. The molecule has 1 unspecified atom stereocenters. The summed E-state index contributed by atoms with van der Waals surface area (Å²) in [5.41, 5.74) is 6.65. The van der Waals surface area contributed by atoms with Gasteiger partial charge >= 0.3 is 0 Å². The summed E-state index contributed by atoms with van der Waals surface area (Å²) >= 11 is 0.